The highest BCUT2D eigenvalue weighted by Crippen LogP contribution is 2.38. The fourth-order valence-corrected chi connectivity index (χ4v) is 7.29. The molecule has 2 N–H and O–H groups in total. The van der Waals surface area contributed by atoms with E-state index in [9.17, 15) is 13.5 Å². The van der Waals surface area contributed by atoms with E-state index < -0.39 is 15.9 Å². The molecule has 0 bridgehead atoms. The summed E-state index contributed by atoms with van der Waals surface area (Å²) >= 11 is 1.45. The van der Waals surface area contributed by atoms with E-state index >= 15 is 0 Å². The predicted molar refractivity (Wildman–Crippen MR) is 135 cm³/mol. The molecule has 2 unspecified atom stereocenters. The van der Waals surface area contributed by atoms with E-state index in [1.165, 1.54) is 11.3 Å². The Kier molecular flexibility index (Phi) is 7.41. The quantitative estimate of drug-likeness (QED) is 0.405. The molecule has 2 atom stereocenters. The smallest absolute Gasteiger partial charge is 0.181 e. The molecule has 35 heavy (non-hydrogen) atoms. The van der Waals surface area contributed by atoms with Gasteiger partial charge in [0.1, 0.15) is 11.1 Å². The van der Waals surface area contributed by atoms with Crippen molar-refractivity contribution in [3.05, 3.63) is 58.7 Å². The van der Waals surface area contributed by atoms with Crippen molar-refractivity contribution in [1.82, 2.24) is 9.97 Å². The van der Waals surface area contributed by atoms with Crippen molar-refractivity contribution in [3.63, 3.8) is 0 Å². The van der Waals surface area contributed by atoms with Crippen LogP contribution in [0.5, 0.6) is 0 Å². The van der Waals surface area contributed by atoms with E-state index in [0.717, 1.165) is 72.2 Å². The summed E-state index contributed by atoms with van der Waals surface area (Å²) in [6.45, 7) is 1.81. The number of nitrogens with zero attached hydrogens (tertiary/aromatic N) is 1. The molecule has 5 rings (SSSR count). The summed E-state index contributed by atoms with van der Waals surface area (Å²) in [5, 5.41) is 10.8. The second kappa shape index (κ2) is 10.5. The third-order valence-corrected chi connectivity index (χ3v) is 10.4. The maximum absolute atomic E-state index is 12.7. The monoisotopic (exact) mass is 516 g/mol. The van der Waals surface area contributed by atoms with E-state index in [0.29, 0.717) is 10.8 Å². The Morgan fingerprint density at radius 1 is 1.14 bits per heavy atom. The van der Waals surface area contributed by atoms with Gasteiger partial charge in [0.2, 0.25) is 0 Å². The van der Waals surface area contributed by atoms with Crippen LogP contribution in [0.2, 0.25) is 0 Å². The maximum atomic E-state index is 12.7. The van der Waals surface area contributed by atoms with Crippen molar-refractivity contribution in [3.8, 4) is 10.7 Å². The van der Waals surface area contributed by atoms with Gasteiger partial charge in [-0.15, -0.1) is 11.3 Å². The number of hydrogen-bond acceptors (Lipinski definition) is 7. The topological polar surface area (TPSA) is 102 Å². The molecule has 1 saturated heterocycles. The first-order valence-corrected chi connectivity index (χ1v) is 14.6. The number of H-pyrrole nitrogens is 1. The van der Waals surface area contributed by atoms with Crippen molar-refractivity contribution in [2.24, 2.45) is 5.92 Å². The van der Waals surface area contributed by atoms with Gasteiger partial charge >= 0.3 is 0 Å². The van der Waals surface area contributed by atoms with Gasteiger partial charge in [-0.05, 0) is 67.9 Å². The van der Waals surface area contributed by atoms with Gasteiger partial charge in [0.15, 0.2) is 9.84 Å². The lowest BCUT2D eigenvalue weighted by atomic mass is 9.83. The summed E-state index contributed by atoms with van der Waals surface area (Å²) in [7, 11) is -1.64. The normalized spacial score (nSPS) is 19.0. The fourth-order valence-electron chi connectivity index (χ4n) is 4.76. The van der Waals surface area contributed by atoms with Crippen LogP contribution in [0.25, 0.3) is 10.7 Å². The Balaban J connectivity index is 1.41. The van der Waals surface area contributed by atoms with Crippen molar-refractivity contribution < 1.29 is 23.0 Å². The maximum Gasteiger partial charge on any atom is 0.181 e. The number of aromatic nitrogens is 2. The molecule has 1 aromatic carbocycles. The van der Waals surface area contributed by atoms with Gasteiger partial charge in [-0.25, -0.2) is 13.4 Å². The zero-order valence-corrected chi connectivity index (χ0v) is 21.5. The van der Waals surface area contributed by atoms with Crippen LogP contribution in [0.4, 0.5) is 0 Å². The van der Waals surface area contributed by atoms with Crippen LogP contribution in [0, 0.1) is 5.92 Å². The molecule has 7 nitrogen and oxygen atoms in total. The SMILES string of the molecule is COCC(O)c1cnc(-c2ccc(C(CC3CCOCC3)c3ccc(S(=O)(=O)C4CC4)cc3)[nH]2)s1. The third-order valence-electron chi connectivity index (χ3n) is 6.98. The van der Waals surface area contributed by atoms with Crippen molar-refractivity contribution in [2.75, 3.05) is 26.9 Å². The standard InChI is InChI=1S/C26H32N2O5S2/c1-32-16-24(29)25-15-27-26(34-25)23-9-8-22(28-23)21(14-17-10-12-33-13-11-17)18-2-4-19(5-3-18)35(30,31)20-6-7-20/h2-5,8-9,15,17,20-21,24,28-29H,6-7,10-14,16H2,1H3. The number of aliphatic hydroxyl groups is 1. The van der Waals surface area contributed by atoms with Crippen LogP contribution in [0.15, 0.2) is 47.5 Å². The summed E-state index contributed by atoms with van der Waals surface area (Å²) in [4.78, 5) is 9.25. The summed E-state index contributed by atoms with van der Waals surface area (Å²) in [6.07, 6.45) is 5.57. The van der Waals surface area contributed by atoms with Crippen molar-refractivity contribution in [2.45, 2.75) is 54.3 Å². The average molecular weight is 517 g/mol. The zero-order chi connectivity index (χ0) is 24.4. The minimum absolute atomic E-state index is 0.114. The molecule has 1 saturated carbocycles. The largest absolute Gasteiger partial charge is 0.385 e. The van der Waals surface area contributed by atoms with Gasteiger partial charge in [-0.3, -0.25) is 0 Å². The Morgan fingerprint density at radius 2 is 1.89 bits per heavy atom. The average Bonchev–Trinajstić information content (AvgIpc) is 3.43. The first kappa shape index (κ1) is 24.6. The first-order valence-electron chi connectivity index (χ1n) is 12.2. The van der Waals surface area contributed by atoms with Crippen LogP contribution < -0.4 is 0 Å². The van der Waals surface area contributed by atoms with E-state index in [1.54, 1.807) is 25.4 Å². The molecule has 2 aliphatic rings. The van der Waals surface area contributed by atoms with Gasteiger partial charge in [-0.1, -0.05) is 12.1 Å². The summed E-state index contributed by atoms with van der Waals surface area (Å²) in [5.41, 5.74) is 3.10. The van der Waals surface area contributed by atoms with Crippen LogP contribution in [-0.2, 0) is 19.3 Å². The second-order valence-electron chi connectivity index (χ2n) is 9.52. The van der Waals surface area contributed by atoms with Gasteiger partial charge < -0.3 is 19.6 Å². The minimum atomic E-state index is -3.20. The molecule has 1 aliphatic carbocycles. The Morgan fingerprint density at radius 3 is 2.57 bits per heavy atom. The van der Waals surface area contributed by atoms with E-state index in [2.05, 4.69) is 16.0 Å². The molecule has 0 spiro atoms. The zero-order valence-electron chi connectivity index (χ0n) is 19.9. The lowest BCUT2D eigenvalue weighted by molar-refractivity contribution is 0.0626. The lowest BCUT2D eigenvalue weighted by Crippen LogP contribution is -2.19. The highest BCUT2D eigenvalue weighted by molar-refractivity contribution is 7.92. The van der Waals surface area contributed by atoms with Crippen LogP contribution >= 0.6 is 11.3 Å². The highest BCUT2D eigenvalue weighted by atomic mass is 32.2. The Hall–Kier alpha value is -2.04. The van der Waals surface area contributed by atoms with Crippen LogP contribution in [-0.4, -0.2) is 55.7 Å². The number of nitrogens with one attached hydrogen (secondary N) is 1. The number of rotatable bonds is 10. The van der Waals surface area contributed by atoms with E-state index in [1.807, 2.05) is 18.2 Å². The molecule has 2 aromatic heterocycles. The number of aliphatic hydroxyl groups excluding tert-OH is 1. The second-order valence-corrected chi connectivity index (χ2v) is 12.8. The van der Waals surface area contributed by atoms with E-state index in [4.69, 9.17) is 9.47 Å². The molecule has 3 aromatic rings. The number of aromatic amines is 1. The number of thiazole rings is 1. The van der Waals surface area contributed by atoms with Crippen molar-refractivity contribution >= 4 is 21.2 Å². The lowest BCUT2D eigenvalue weighted by Gasteiger charge is -2.27. The van der Waals surface area contributed by atoms with Gasteiger partial charge in [-0.2, -0.15) is 0 Å². The van der Waals surface area contributed by atoms with Crippen LogP contribution in [0.1, 0.15) is 60.3 Å². The fraction of sp³-hybridized carbons (Fsp3) is 0.500. The Bertz CT molecular complexity index is 1220. The predicted octanol–water partition coefficient (Wildman–Crippen LogP) is 4.70. The number of benzene rings is 1. The summed E-state index contributed by atoms with van der Waals surface area (Å²) in [5.74, 6) is 0.661. The molecule has 0 amide bonds. The van der Waals surface area contributed by atoms with Crippen LogP contribution in [0.3, 0.4) is 0 Å². The minimum Gasteiger partial charge on any atom is -0.385 e. The van der Waals surface area contributed by atoms with Gasteiger partial charge in [0, 0.05) is 38.1 Å². The third kappa shape index (κ3) is 5.54. The number of ether oxygens (including phenoxy) is 2. The molecule has 3 heterocycles. The summed E-state index contributed by atoms with van der Waals surface area (Å²) < 4.78 is 35.9. The molecular formula is C26H32N2O5S2. The molecule has 188 valence electrons. The number of methoxy groups -OCH3 is 1. The number of hydrogen-bond donors (Lipinski definition) is 2. The first-order chi connectivity index (χ1) is 17.0. The van der Waals surface area contributed by atoms with Gasteiger partial charge in [0.05, 0.1) is 27.3 Å². The molecular weight excluding hydrogens is 484 g/mol. The molecule has 0 radical (unpaired) electrons. The van der Waals surface area contributed by atoms with Gasteiger partial charge in [0.25, 0.3) is 0 Å². The molecule has 9 heteroatoms. The summed E-state index contributed by atoms with van der Waals surface area (Å²) in [6, 6.07) is 11.6. The van der Waals surface area contributed by atoms with Crippen molar-refractivity contribution in [1.29, 1.82) is 0 Å². The number of sulfone groups is 1. The van der Waals surface area contributed by atoms with E-state index in [-0.39, 0.29) is 17.8 Å². The molecule has 2 fully saturated rings. The highest BCUT2D eigenvalue weighted by Gasteiger charge is 2.37. The Labute approximate surface area is 210 Å². The molecule has 1 aliphatic heterocycles.